The van der Waals surface area contributed by atoms with Crippen molar-refractivity contribution in [2.45, 2.75) is 32.1 Å². The quantitative estimate of drug-likeness (QED) is 0.796. The molecule has 0 unspecified atom stereocenters. The lowest BCUT2D eigenvalue weighted by atomic mass is 10.1. The summed E-state index contributed by atoms with van der Waals surface area (Å²) in [4.78, 5) is 4.44. The first-order valence-corrected chi connectivity index (χ1v) is 9.95. The number of hydrogen-bond donors (Lipinski definition) is 0. The summed E-state index contributed by atoms with van der Waals surface area (Å²) in [6.07, 6.45) is 0. The molecule has 1 aromatic rings. The van der Waals surface area contributed by atoms with E-state index < -0.39 is 9.84 Å². The zero-order valence-electron chi connectivity index (χ0n) is 14.2. The second-order valence-corrected chi connectivity index (χ2v) is 9.17. The third-order valence-electron chi connectivity index (χ3n) is 4.72. The Balaban J connectivity index is 1.86. The molecular formula is C17H27FN2O2S. The van der Waals surface area contributed by atoms with E-state index in [1.54, 1.807) is 19.9 Å². The summed E-state index contributed by atoms with van der Waals surface area (Å²) in [5, 5.41) is -0.315. The van der Waals surface area contributed by atoms with Crippen molar-refractivity contribution >= 4 is 9.84 Å². The first-order chi connectivity index (χ1) is 10.8. The van der Waals surface area contributed by atoms with Gasteiger partial charge >= 0.3 is 0 Å². The van der Waals surface area contributed by atoms with Crippen molar-refractivity contribution in [1.82, 2.24) is 9.80 Å². The third kappa shape index (κ3) is 4.75. The Hall–Kier alpha value is -0.980. The van der Waals surface area contributed by atoms with Crippen LogP contribution in [0.2, 0.25) is 0 Å². The molecule has 0 radical (unpaired) electrons. The smallest absolute Gasteiger partial charge is 0.153 e. The summed E-state index contributed by atoms with van der Waals surface area (Å²) in [6.45, 7) is 9.37. The molecule has 0 N–H and O–H groups in total. The Morgan fingerprint density at radius 3 is 2.26 bits per heavy atom. The van der Waals surface area contributed by atoms with Gasteiger partial charge in [0.25, 0.3) is 0 Å². The highest BCUT2D eigenvalue weighted by Crippen LogP contribution is 2.23. The first-order valence-electron chi connectivity index (χ1n) is 8.23. The van der Waals surface area contributed by atoms with Gasteiger partial charge in [-0.1, -0.05) is 18.2 Å². The van der Waals surface area contributed by atoms with Gasteiger partial charge in [0.15, 0.2) is 9.84 Å². The van der Waals surface area contributed by atoms with Gasteiger partial charge in [0.05, 0.1) is 11.0 Å². The lowest BCUT2D eigenvalue weighted by molar-refractivity contribution is 0.105. The van der Waals surface area contributed by atoms with Crippen LogP contribution in [0.3, 0.4) is 0 Å². The second-order valence-electron chi connectivity index (χ2n) is 6.49. The van der Waals surface area contributed by atoms with E-state index >= 15 is 0 Å². The number of benzene rings is 1. The molecule has 1 aromatic carbocycles. The van der Waals surface area contributed by atoms with Gasteiger partial charge in [-0.3, -0.25) is 9.80 Å². The van der Waals surface area contributed by atoms with E-state index in [4.69, 9.17) is 0 Å². The van der Waals surface area contributed by atoms with Gasteiger partial charge in [-0.05, 0) is 26.8 Å². The fraction of sp³-hybridized carbons (Fsp3) is 0.647. The third-order valence-corrected chi connectivity index (χ3v) is 6.91. The number of rotatable bonds is 6. The Morgan fingerprint density at radius 2 is 1.70 bits per heavy atom. The predicted octanol–water partition coefficient (Wildman–Crippen LogP) is 2.33. The van der Waals surface area contributed by atoms with Gasteiger partial charge in [-0.15, -0.1) is 0 Å². The molecule has 0 aliphatic carbocycles. The summed E-state index contributed by atoms with van der Waals surface area (Å²) in [6, 6.07) is 6.94. The molecular weight excluding hydrogens is 315 g/mol. The zero-order chi connectivity index (χ0) is 17.0. The second kappa shape index (κ2) is 7.73. The maximum absolute atomic E-state index is 13.9. The van der Waals surface area contributed by atoms with Crippen molar-refractivity contribution in [1.29, 1.82) is 0 Å². The summed E-state index contributed by atoms with van der Waals surface area (Å²) in [7, 11) is -2.98. The van der Waals surface area contributed by atoms with Crippen LogP contribution in [0.1, 0.15) is 32.4 Å². The number of piperazine rings is 1. The number of sulfone groups is 1. The maximum atomic E-state index is 13.9. The van der Waals surface area contributed by atoms with E-state index in [-0.39, 0.29) is 22.9 Å². The fourth-order valence-corrected chi connectivity index (χ4v) is 3.86. The van der Waals surface area contributed by atoms with E-state index in [0.717, 1.165) is 31.7 Å². The van der Waals surface area contributed by atoms with E-state index in [1.165, 1.54) is 6.07 Å². The molecule has 0 amide bonds. The van der Waals surface area contributed by atoms with Crippen LogP contribution in [-0.2, 0) is 9.84 Å². The molecule has 23 heavy (non-hydrogen) atoms. The molecule has 0 bridgehead atoms. The molecule has 1 atom stereocenters. The summed E-state index contributed by atoms with van der Waals surface area (Å²) < 4.78 is 37.7. The van der Waals surface area contributed by atoms with Crippen molar-refractivity contribution in [3.8, 4) is 0 Å². The number of hydrogen-bond acceptors (Lipinski definition) is 4. The lowest BCUT2D eigenvalue weighted by Crippen LogP contribution is -2.48. The lowest BCUT2D eigenvalue weighted by Gasteiger charge is -2.38. The van der Waals surface area contributed by atoms with Crippen molar-refractivity contribution in [3.05, 3.63) is 35.6 Å². The van der Waals surface area contributed by atoms with Crippen LogP contribution in [0.4, 0.5) is 4.39 Å². The van der Waals surface area contributed by atoms with Gasteiger partial charge < -0.3 is 0 Å². The van der Waals surface area contributed by atoms with Crippen molar-refractivity contribution in [3.63, 3.8) is 0 Å². The van der Waals surface area contributed by atoms with Crippen LogP contribution in [0.25, 0.3) is 0 Å². The summed E-state index contributed by atoms with van der Waals surface area (Å²) in [5.74, 6) is 0.0542. The van der Waals surface area contributed by atoms with E-state index in [9.17, 15) is 12.8 Å². The zero-order valence-corrected chi connectivity index (χ0v) is 15.0. The fourth-order valence-electron chi connectivity index (χ4n) is 2.88. The molecule has 0 saturated carbocycles. The van der Waals surface area contributed by atoms with Crippen molar-refractivity contribution in [2.75, 3.05) is 38.5 Å². The van der Waals surface area contributed by atoms with Gasteiger partial charge in [-0.2, -0.15) is 0 Å². The SMILES string of the molecule is CC(C)S(=O)(=O)CCN1CCN([C@@H](C)c2ccccc2F)CC1. The van der Waals surface area contributed by atoms with E-state index in [2.05, 4.69) is 9.80 Å². The van der Waals surface area contributed by atoms with Crippen LogP contribution < -0.4 is 0 Å². The minimum absolute atomic E-state index is 0.0396. The Labute approximate surface area is 139 Å². The highest BCUT2D eigenvalue weighted by atomic mass is 32.2. The van der Waals surface area contributed by atoms with Crippen LogP contribution in [-0.4, -0.2) is 61.9 Å². The molecule has 1 heterocycles. The number of halogens is 1. The van der Waals surface area contributed by atoms with E-state index in [1.807, 2.05) is 19.1 Å². The average molecular weight is 342 g/mol. The molecule has 1 aliphatic rings. The number of nitrogens with zero attached hydrogens (tertiary/aromatic N) is 2. The summed E-state index contributed by atoms with van der Waals surface area (Å²) in [5.41, 5.74) is 0.725. The van der Waals surface area contributed by atoms with Gasteiger partial charge in [0.1, 0.15) is 5.82 Å². The molecule has 2 rings (SSSR count). The summed E-state index contributed by atoms with van der Waals surface area (Å²) >= 11 is 0. The van der Waals surface area contributed by atoms with Crippen LogP contribution in [0.15, 0.2) is 24.3 Å². The Kier molecular flexibility index (Phi) is 6.17. The first kappa shape index (κ1) is 18.4. The Bertz CT molecular complexity index is 611. The molecule has 4 nitrogen and oxygen atoms in total. The maximum Gasteiger partial charge on any atom is 0.153 e. The van der Waals surface area contributed by atoms with E-state index in [0.29, 0.717) is 6.54 Å². The normalized spacial score (nSPS) is 19.2. The largest absolute Gasteiger partial charge is 0.300 e. The minimum Gasteiger partial charge on any atom is -0.300 e. The highest BCUT2D eigenvalue weighted by molar-refractivity contribution is 7.92. The molecule has 0 aromatic heterocycles. The predicted molar refractivity (Wildman–Crippen MR) is 91.8 cm³/mol. The highest BCUT2D eigenvalue weighted by Gasteiger charge is 2.25. The van der Waals surface area contributed by atoms with Gasteiger partial charge in [0, 0.05) is 44.3 Å². The Morgan fingerprint density at radius 1 is 1.09 bits per heavy atom. The minimum atomic E-state index is -2.98. The molecule has 130 valence electrons. The molecule has 0 spiro atoms. The average Bonchev–Trinajstić information content (AvgIpc) is 2.53. The van der Waals surface area contributed by atoms with Crippen LogP contribution >= 0.6 is 0 Å². The molecule has 1 fully saturated rings. The topological polar surface area (TPSA) is 40.6 Å². The molecule has 1 saturated heterocycles. The van der Waals surface area contributed by atoms with Crippen LogP contribution in [0.5, 0.6) is 0 Å². The van der Waals surface area contributed by atoms with Gasteiger partial charge in [0.2, 0.25) is 0 Å². The standard InChI is InChI=1S/C17H27FN2O2S/c1-14(2)23(21,22)13-12-19-8-10-20(11-9-19)15(3)16-6-4-5-7-17(16)18/h4-7,14-15H,8-13H2,1-3H3/t15-/m0/s1. The molecule has 6 heteroatoms. The molecule has 1 aliphatic heterocycles. The van der Waals surface area contributed by atoms with Crippen molar-refractivity contribution in [2.24, 2.45) is 0 Å². The van der Waals surface area contributed by atoms with Crippen molar-refractivity contribution < 1.29 is 12.8 Å². The van der Waals surface area contributed by atoms with Crippen LogP contribution in [0, 0.1) is 5.82 Å². The van der Waals surface area contributed by atoms with Gasteiger partial charge in [-0.25, -0.2) is 12.8 Å². The monoisotopic (exact) mass is 342 g/mol.